The highest BCUT2D eigenvalue weighted by atomic mass is 16.2. The van der Waals surface area contributed by atoms with Gasteiger partial charge in [-0.05, 0) is 50.8 Å². The maximum Gasteiger partial charge on any atom is 0.226 e. The average Bonchev–Trinajstić information content (AvgIpc) is 2.48. The van der Waals surface area contributed by atoms with Crippen molar-refractivity contribution in [2.75, 3.05) is 26.7 Å². The van der Waals surface area contributed by atoms with E-state index in [0.717, 1.165) is 38.9 Å². The van der Waals surface area contributed by atoms with Gasteiger partial charge in [0.25, 0.3) is 0 Å². The summed E-state index contributed by atoms with van der Waals surface area (Å²) in [5.41, 5.74) is 3.96. The number of benzene rings is 1. The molecular formula is C17H26N2O. The maximum absolute atomic E-state index is 12.4. The van der Waals surface area contributed by atoms with E-state index in [1.807, 2.05) is 11.9 Å². The lowest BCUT2D eigenvalue weighted by atomic mass is 9.98. The predicted molar refractivity (Wildman–Crippen MR) is 82.9 cm³/mol. The first kappa shape index (κ1) is 15.0. The molecule has 110 valence electrons. The van der Waals surface area contributed by atoms with E-state index in [0.29, 0.717) is 5.91 Å². The third-order valence-electron chi connectivity index (χ3n) is 4.24. The Bertz CT molecular complexity index is 464. The highest BCUT2D eigenvalue weighted by Gasteiger charge is 2.23. The van der Waals surface area contributed by atoms with Gasteiger partial charge in [0.15, 0.2) is 0 Å². The molecule has 1 atom stereocenters. The lowest BCUT2D eigenvalue weighted by Gasteiger charge is -2.27. The van der Waals surface area contributed by atoms with Gasteiger partial charge in [0.1, 0.15) is 0 Å². The summed E-state index contributed by atoms with van der Waals surface area (Å²) in [5.74, 6) is 0.467. The molecule has 0 radical (unpaired) electrons. The molecule has 20 heavy (non-hydrogen) atoms. The van der Waals surface area contributed by atoms with Gasteiger partial charge in [-0.1, -0.05) is 23.8 Å². The summed E-state index contributed by atoms with van der Waals surface area (Å²) >= 11 is 0. The quantitative estimate of drug-likeness (QED) is 0.914. The molecule has 0 spiro atoms. The number of amides is 1. The zero-order valence-corrected chi connectivity index (χ0v) is 12.9. The third-order valence-corrected chi connectivity index (χ3v) is 4.24. The van der Waals surface area contributed by atoms with Gasteiger partial charge >= 0.3 is 0 Å². The standard InChI is InChI=1S/C17H26N2O/c1-13-6-7-14(2)15(11-13)8-10-19(3)17(20)16-5-4-9-18-12-16/h6-7,11,16,18H,4-5,8-10,12H2,1-3H3. The van der Waals surface area contributed by atoms with Gasteiger partial charge in [-0.25, -0.2) is 0 Å². The monoisotopic (exact) mass is 274 g/mol. The van der Waals surface area contributed by atoms with Crippen LogP contribution in [0.5, 0.6) is 0 Å². The Hall–Kier alpha value is -1.35. The fourth-order valence-corrected chi connectivity index (χ4v) is 2.84. The van der Waals surface area contributed by atoms with Crippen LogP contribution in [0.4, 0.5) is 0 Å². The number of nitrogens with one attached hydrogen (secondary N) is 1. The third kappa shape index (κ3) is 3.83. The van der Waals surface area contributed by atoms with Crippen LogP contribution in [0, 0.1) is 19.8 Å². The number of likely N-dealkylation sites (N-methyl/N-ethyl adjacent to an activating group) is 1. The Morgan fingerprint density at radius 2 is 2.20 bits per heavy atom. The molecule has 3 heteroatoms. The molecule has 3 nitrogen and oxygen atoms in total. The van der Waals surface area contributed by atoms with E-state index < -0.39 is 0 Å². The van der Waals surface area contributed by atoms with Crippen molar-refractivity contribution in [3.63, 3.8) is 0 Å². The van der Waals surface area contributed by atoms with Crippen molar-refractivity contribution in [1.29, 1.82) is 0 Å². The van der Waals surface area contributed by atoms with Crippen LogP contribution in [0.3, 0.4) is 0 Å². The summed E-state index contributed by atoms with van der Waals surface area (Å²) < 4.78 is 0. The van der Waals surface area contributed by atoms with Gasteiger partial charge in [-0.15, -0.1) is 0 Å². The molecule has 0 saturated carbocycles. The zero-order chi connectivity index (χ0) is 14.5. The summed E-state index contributed by atoms with van der Waals surface area (Å²) in [6.45, 7) is 6.95. The number of hydrogen-bond acceptors (Lipinski definition) is 2. The van der Waals surface area contributed by atoms with Crippen LogP contribution in [0.2, 0.25) is 0 Å². The Morgan fingerprint density at radius 1 is 1.40 bits per heavy atom. The van der Waals surface area contributed by atoms with E-state index >= 15 is 0 Å². The number of rotatable bonds is 4. The van der Waals surface area contributed by atoms with Gasteiger partial charge in [-0.2, -0.15) is 0 Å². The minimum absolute atomic E-state index is 0.173. The molecule has 1 N–H and O–H groups in total. The number of hydrogen-bond donors (Lipinski definition) is 1. The molecule has 1 saturated heterocycles. The second kappa shape index (κ2) is 6.89. The lowest BCUT2D eigenvalue weighted by Crippen LogP contribution is -2.42. The number of aryl methyl sites for hydroxylation is 2. The second-order valence-corrected chi connectivity index (χ2v) is 5.98. The van der Waals surface area contributed by atoms with E-state index in [2.05, 4.69) is 37.4 Å². The minimum Gasteiger partial charge on any atom is -0.345 e. The summed E-state index contributed by atoms with van der Waals surface area (Å²) in [6, 6.07) is 6.54. The molecule has 0 bridgehead atoms. The Balaban J connectivity index is 1.89. The van der Waals surface area contributed by atoms with Gasteiger partial charge in [0, 0.05) is 20.1 Å². The van der Waals surface area contributed by atoms with E-state index in [4.69, 9.17) is 0 Å². The SMILES string of the molecule is Cc1ccc(C)c(CCN(C)C(=O)C2CCCNC2)c1. The lowest BCUT2D eigenvalue weighted by molar-refractivity contribution is -0.134. The predicted octanol–water partition coefficient (Wildman–Crippen LogP) is 2.30. The Kier molecular flexibility index (Phi) is 5.18. The molecule has 1 aliphatic rings. The fraction of sp³-hybridized carbons (Fsp3) is 0.588. The van der Waals surface area contributed by atoms with Crippen LogP contribution < -0.4 is 5.32 Å². The molecule has 1 aromatic carbocycles. The van der Waals surface area contributed by atoms with Crippen molar-refractivity contribution in [3.05, 3.63) is 34.9 Å². The summed E-state index contributed by atoms with van der Waals surface area (Å²) in [6.07, 6.45) is 3.08. The Morgan fingerprint density at radius 3 is 2.90 bits per heavy atom. The molecule has 2 rings (SSSR count). The normalized spacial score (nSPS) is 18.9. The molecule has 1 aliphatic heterocycles. The van der Waals surface area contributed by atoms with Gasteiger partial charge in [-0.3, -0.25) is 4.79 Å². The second-order valence-electron chi connectivity index (χ2n) is 5.98. The molecule has 1 amide bonds. The van der Waals surface area contributed by atoms with Gasteiger partial charge < -0.3 is 10.2 Å². The summed E-state index contributed by atoms with van der Waals surface area (Å²) in [4.78, 5) is 14.3. The fourth-order valence-electron chi connectivity index (χ4n) is 2.84. The first-order valence-corrected chi connectivity index (χ1v) is 7.60. The number of piperidine rings is 1. The van der Waals surface area contributed by atoms with Crippen molar-refractivity contribution >= 4 is 5.91 Å². The van der Waals surface area contributed by atoms with Crippen molar-refractivity contribution in [3.8, 4) is 0 Å². The smallest absolute Gasteiger partial charge is 0.226 e. The highest BCUT2D eigenvalue weighted by molar-refractivity contribution is 5.78. The molecule has 0 aromatic heterocycles. The van der Waals surface area contributed by atoms with E-state index in [9.17, 15) is 4.79 Å². The maximum atomic E-state index is 12.4. The number of carbonyl (C=O) groups excluding carboxylic acids is 1. The first-order chi connectivity index (χ1) is 9.58. The summed E-state index contributed by atoms with van der Waals surface area (Å²) in [7, 11) is 1.93. The van der Waals surface area contributed by atoms with E-state index in [1.54, 1.807) is 0 Å². The molecule has 1 heterocycles. The van der Waals surface area contributed by atoms with Crippen molar-refractivity contribution in [2.24, 2.45) is 5.92 Å². The summed E-state index contributed by atoms with van der Waals surface area (Å²) in [5, 5.41) is 3.31. The first-order valence-electron chi connectivity index (χ1n) is 7.60. The van der Waals surface area contributed by atoms with Crippen LogP contribution in [0.15, 0.2) is 18.2 Å². The highest BCUT2D eigenvalue weighted by Crippen LogP contribution is 2.15. The van der Waals surface area contributed by atoms with Crippen LogP contribution in [0.1, 0.15) is 29.5 Å². The molecule has 0 aliphatic carbocycles. The Labute approximate surface area is 122 Å². The van der Waals surface area contributed by atoms with Crippen molar-refractivity contribution in [1.82, 2.24) is 10.2 Å². The minimum atomic E-state index is 0.173. The van der Waals surface area contributed by atoms with Crippen LogP contribution in [-0.2, 0) is 11.2 Å². The van der Waals surface area contributed by atoms with Crippen LogP contribution >= 0.6 is 0 Å². The largest absolute Gasteiger partial charge is 0.345 e. The van der Waals surface area contributed by atoms with Crippen LogP contribution in [-0.4, -0.2) is 37.5 Å². The number of carbonyl (C=O) groups is 1. The van der Waals surface area contributed by atoms with Gasteiger partial charge in [0.2, 0.25) is 5.91 Å². The van der Waals surface area contributed by atoms with Gasteiger partial charge in [0.05, 0.1) is 5.92 Å². The average molecular weight is 274 g/mol. The number of nitrogens with zero attached hydrogens (tertiary/aromatic N) is 1. The molecule has 1 aromatic rings. The van der Waals surface area contributed by atoms with E-state index in [-0.39, 0.29) is 5.92 Å². The molecule has 1 fully saturated rings. The zero-order valence-electron chi connectivity index (χ0n) is 12.9. The van der Waals surface area contributed by atoms with Crippen LogP contribution in [0.25, 0.3) is 0 Å². The molecular weight excluding hydrogens is 248 g/mol. The van der Waals surface area contributed by atoms with Crippen molar-refractivity contribution < 1.29 is 4.79 Å². The topological polar surface area (TPSA) is 32.3 Å². The molecule has 1 unspecified atom stereocenters. The van der Waals surface area contributed by atoms with E-state index in [1.165, 1.54) is 16.7 Å². The van der Waals surface area contributed by atoms with Crippen molar-refractivity contribution in [2.45, 2.75) is 33.1 Å².